The van der Waals surface area contributed by atoms with Crippen LogP contribution in [0.2, 0.25) is 0 Å². The lowest BCUT2D eigenvalue weighted by atomic mass is 9.87. The maximum Gasteiger partial charge on any atom is 0.0419 e. The third-order valence-electron chi connectivity index (χ3n) is 4.22. The van der Waals surface area contributed by atoms with Crippen molar-refractivity contribution < 1.29 is 0 Å². The van der Waals surface area contributed by atoms with E-state index in [2.05, 4.69) is 43.3 Å². The standard InChI is InChI=1S/C15H24N2/c1-11-7-8-13(17-10-11)9-15(16-3)14-6-4-5-12(14)2/h7-8,10,12,14-16H,4-6,9H2,1-3H3. The van der Waals surface area contributed by atoms with Crippen molar-refractivity contribution in [2.45, 2.75) is 45.6 Å². The summed E-state index contributed by atoms with van der Waals surface area (Å²) in [6, 6.07) is 4.91. The molecule has 1 N–H and O–H groups in total. The van der Waals surface area contributed by atoms with Crippen LogP contribution in [0.5, 0.6) is 0 Å². The molecule has 0 radical (unpaired) electrons. The summed E-state index contributed by atoms with van der Waals surface area (Å²) in [6.45, 7) is 4.48. The van der Waals surface area contributed by atoms with Gasteiger partial charge in [-0.05, 0) is 43.9 Å². The Morgan fingerprint density at radius 3 is 2.76 bits per heavy atom. The number of likely N-dealkylation sites (N-methyl/N-ethyl adjacent to an activating group) is 1. The minimum absolute atomic E-state index is 0.586. The fourth-order valence-electron chi connectivity index (χ4n) is 3.08. The maximum atomic E-state index is 4.52. The van der Waals surface area contributed by atoms with Crippen molar-refractivity contribution in [1.82, 2.24) is 10.3 Å². The minimum atomic E-state index is 0.586. The Morgan fingerprint density at radius 1 is 1.41 bits per heavy atom. The number of pyridine rings is 1. The molecule has 0 amide bonds. The average molecular weight is 232 g/mol. The van der Waals surface area contributed by atoms with Gasteiger partial charge in [-0.15, -0.1) is 0 Å². The molecule has 1 aromatic heterocycles. The number of aromatic nitrogens is 1. The highest BCUT2D eigenvalue weighted by Gasteiger charge is 2.30. The summed E-state index contributed by atoms with van der Waals surface area (Å²) >= 11 is 0. The Labute approximate surface area is 105 Å². The number of hydrogen-bond acceptors (Lipinski definition) is 2. The van der Waals surface area contributed by atoms with E-state index in [0.717, 1.165) is 18.3 Å². The predicted molar refractivity (Wildman–Crippen MR) is 72.0 cm³/mol. The zero-order chi connectivity index (χ0) is 12.3. The first-order valence-corrected chi connectivity index (χ1v) is 6.79. The molecule has 1 aromatic rings. The third-order valence-corrected chi connectivity index (χ3v) is 4.22. The van der Waals surface area contributed by atoms with Gasteiger partial charge in [0.05, 0.1) is 0 Å². The molecule has 0 bridgehead atoms. The summed E-state index contributed by atoms with van der Waals surface area (Å²) in [7, 11) is 2.09. The molecule has 0 aromatic carbocycles. The zero-order valence-corrected chi connectivity index (χ0v) is 11.2. The molecular formula is C15H24N2. The Bertz CT molecular complexity index is 344. The van der Waals surface area contributed by atoms with E-state index in [1.54, 1.807) is 0 Å². The van der Waals surface area contributed by atoms with E-state index in [-0.39, 0.29) is 0 Å². The van der Waals surface area contributed by atoms with Crippen LogP contribution in [-0.2, 0) is 6.42 Å². The Balaban J connectivity index is 2.01. The molecule has 2 heteroatoms. The first-order valence-electron chi connectivity index (χ1n) is 6.79. The normalized spacial score (nSPS) is 26.1. The Hall–Kier alpha value is -0.890. The van der Waals surface area contributed by atoms with Gasteiger partial charge in [-0.2, -0.15) is 0 Å². The second-order valence-electron chi connectivity index (χ2n) is 5.50. The fourth-order valence-corrected chi connectivity index (χ4v) is 3.08. The van der Waals surface area contributed by atoms with Crippen LogP contribution in [0.1, 0.15) is 37.4 Å². The second kappa shape index (κ2) is 5.63. The van der Waals surface area contributed by atoms with Gasteiger partial charge in [0.1, 0.15) is 0 Å². The van der Waals surface area contributed by atoms with Crippen LogP contribution in [-0.4, -0.2) is 18.1 Å². The number of aryl methyl sites for hydroxylation is 1. The van der Waals surface area contributed by atoms with Gasteiger partial charge in [-0.25, -0.2) is 0 Å². The van der Waals surface area contributed by atoms with E-state index in [4.69, 9.17) is 0 Å². The van der Waals surface area contributed by atoms with Gasteiger partial charge in [0.15, 0.2) is 0 Å². The molecule has 1 aliphatic carbocycles. The highest BCUT2D eigenvalue weighted by Crippen LogP contribution is 2.34. The van der Waals surface area contributed by atoms with E-state index < -0.39 is 0 Å². The van der Waals surface area contributed by atoms with Crippen LogP contribution in [0.3, 0.4) is 0 Å². The number of rotatable bonds is 4. The monoisotopic (exact) mass is 232 g/mol. The lowest BCUT2D eigenvalue weighted by Crippen LogP contribution is -2.37. The van der Waals surface area contributed by atoms with Gasteiger partial charge >= 0.3 is 0 Å². The maximum absolute atomic E-state index is 4.52. The van der Waals surface area contributed by atoms with Gasteiger partial charge in [-0.3, -0.25) is 4.98 Å². The summed E-state index contributed by atoms with van der Waals surface area (Å²) < 4.78 is 0. The molecule has 1 aliphatic rings. The van der Waals surface area contributed by atoms with Crippen molar-refractivity contribution in [3.8, 4) is 0 Å². The SMILES string of the molecule is CNC(Cc1ccc(C)cn1)C1CCCC1C. The summed E-state index contributed by atoms with van der Waals surface area (Å²) in [6.07, 6.45) is 7.19. The predicted octanol–water partition coefficient (Wildman–Crippen LogP) is 2.96. The summed E-state index contributed by atoms with van der Waals surface area (Å²) in [5.74, 6) is 1.68. The molecule has 0 saturated heterocycles. The number of hydrogen-bond donors (Lipinski definition) is 1. The molecule has 0 spiro atoms. The topological polar surface area (TPSA) is 24.9 Å². The van der Waals surface area contributed by atoms with Crippen molar-refractivity contribution in [3.63, 3.8) is 0 Å². The molecule has 1 saturated carbocycles. The third kappa shape index (κ3) is 3.06. The molecule has 2 nitrogen and oxygen atoms in total. The second-order valence-corrected chi connectivity index (χ2v) is 5.50. The highest BCUT2D eigenvalue weighted by molar-refractivity contribution is 5.13. The van der Waals surface area contributed by atoms with Gasteiger partial charge in [0, 0.05) is 24.4 Å². The van der Waals surface area contributed by atoms with Crippen molar-refractivity contribution in [2.24, 2.45) is 11.8 Å². The van der Waals surface area contributed by atoms with Crippen LogP contribution in [0, 0.1) is 18.8 Å². The van der Waals surface area contributed by atoms with Crippen LogP contribution in [0.15, 0.2) is 18.3 Å². The highest BCUT2D eigenvalue weighted by atomic mass is 14.9. The average Bonchev–Trinajstić information content (AvgIpc) is 2.75. The quantitative estimate of drug-likeness (QED) is 0.863. The molecule has 3 atom stereocenters. The van der Waals surface area contributed by atoms with E-state index >= 15 is 0 Å². The van der Waals surface area contributed by atoms with Crippen LogP contribution >= 0.6 is 0 Å². The van der Waals surface area contributed by atoms with Gasteiger partial charge < -0.3 is 5.32 Å². The molecule has 0 aliphatic heterocycles. The first-order chi connectivity index (χ1) is 8.20. The molecule has 17 heavy (non-hydrogen) atoms. The molecule has 1 heterocycles. The molecule has 94 valence electrons. The van der Waals surface area contributed by atoms with Crippen molar-refractivity contribution in [3.05, 3.63) is 29.6 Å². The zero-order valence-electron chi connectivity index (χ0n) is 11.2. The van der Waals surface area contributed by atoms with Crippen LogP contribution in [0.4, 0.5) is 0 Å². The van der Waals surface area contributed by atoms with Crippen LogP contribution in [0.25, 0.3) is 0 Å². The lowest BCUT2D eigenvalue weighted by Gasteiger charge is -2.26. The summed E-state index contributed by atoms with van der Waals surface area (Å²) in [5.41, 5.74) is 2.46. The van der Waals surface area contributed by atoms with E-state index in [1.807, 2.05) is 6.20 Å². The van der Waals surface area contributed by atoms with Gasteiger partial charge in [0.25, 0.3) is 0 Å². The summed E-state index contributed by atoms with van der Waals surface area (Å²) in [4.78, 5) is 4.52. The van der Waals surface area contributed by atoms with Crippen LogP contribution < -0.4 is 5.32 Å². The Kier molecular flexibility index (Phi) is 4.16. The largest absolute Gasteiger partial charge is 0.316 e. The summed E-state index contributed by atoms with van der Waals surface area (Å²) in [5, 5.41) is 3.50. The van der Waals surface area contributed by atoms with E-state index in [9.17, 15) is 0 Å². The molecule has 3 unspecified atom stereocenters. The minimum Gasteiger partial charge on any atom is -0.316 e. The lowest BCUT2D eigenvalue weighted by molar-refractivity contribution is 0.306. The first kappa shape index (κ1) is 12.6. The van der Waals surface area contributed by atoms with E-state index in [1.165, 1.54) is 30.5 Å². The van der Waals surface area contributed by atoms with E-state index in [0.29, 0.717) is 6.04 Å². The molecule has 1 fully saturated rings. The van der Waals surface area contributed by atoms with Gasteiger partial charge in [-0.1, -0.05) is 25.8 Å². The molecule has 2 rings (SSSR count). The number of nitrogens with one attached hydrogen (secondary N) is 1. The van der Waals surface area contributed by atoms with Gasteiger partial charge in [0.2, 0.25) is 0 Å². The molecular weight excluding hydrogens is 208 g/mol. The Morgan fingerprint density at radius 2 is 2.24 bits per heavy atom. The van der Waals surface area contributed by atoms with Crippen molar-refractivity contribution >= 4 is 0 Å². The number of nitrogens with zero attached hydrogens (tertiary/aromatic N) is 1. The fraction of sp³-hybridized carbons (Fsp3) is 0.667. The smallest absolute Gasteiger partial charge is 0.0419 e. The van der Waals surface area contributed by atoms with Crippen molar-refractivity contribution in [1.29, 1.82) is 0 Å². The van der Waals surface area contributed by atoms with Crippen molar-refractivity contribution in [2.75, 3.05) is 7.05 Å².